The molecule has 0 radical (unpaired) electrons. The fourth-order valence-corrected chi connectivity index (χ4v) is 1.29. The number of amides is 1. The molecule has 0 spiro atoms. The van der Waals surface area contributed by atoms with E-state index in [2.05, 4.69) is 5.43 Å². The van der Waals surface area contributed by atoms with Gasteiger partial charge in [-0.1, -0.05) is 20.8 Å². The van der Waals surface area contributed by atoms with Crippen molar-refractivity contribution in [2.24, 2.45) is 11.1 Å². The van der Waals surface area contributed by atoms with Crippen LogP contribution in [-0.4, -0.2) is 43.3 Å². The van der Waals surface area contributed by atoms with Gasteiger partial charge in [0, 0.05) is 13.1 Å². The molecular formula is C10H21N3O2. The van der Waals surface area contributed by atoms with Crippen molar-refractivity contribution >= 4 is 5.91 Å². The number of nitrogens with two attached hydrogens (primary N) is 1. The molecule has 1 amide bonds. The van der Waals surface area contributed by atoms with E-state index < -0.39 is 6.04 Å². The van der Waals surface area contributed by atoms with Crippen LogP contribution in [0.15, 0.2) is 0 Å². The molecule has 1 heterocycles. The van der Waals surface area contributed by atoms with Crippen LogP contribution in [0.5, 0.6) is 0 Å². The van der Waals surface area contributed by atoms with Crippen molar-refractivity contribution in [1.82, 2.24) is 10.4 Å². The van der Waals surface area contributed by atoms with Crippen LogP contribution in [-0.2, 0) is 9.53 Å². The first-order chi connectivity index (χ1) is 6.91. The fourth-order valence-electron chi connectivity index (χ4n) is 1.29. The SMILES string of the molecule is CC(C)(C)C(N)C(=O)NN1CCOCC1. The molecule has 0 saturated carbocycles. The van der Waals surface area contributed by atoms with E-state index in [1.54, 1.807) is 0 Å². The van der Waals surface area contributed by atoms with Crippen LogP contribution in [0.3, 0.4) is 0 Å². The van der Waals surface area contributed by atoms with Gasteiger partial charge in [0.05, 0.1) is 19.3 Å². The van der Waals surface area contributed by atoms with E-state index >= 15 is 0 Å². The molecule has 1 aliphatic heterocycles. The van der Waals surface area contributed by atoms with Crippen LogP contribution in [0.4, 0.5) is 0 Å². The Morgan fingerprint density at radius 2 is 1.93 bits per heavy atom. The lowest BCUT2D eigenvalue weighted by molar-refractivity contribution is -0.131. The van der Waals surface area contributed by atoms with Gasteiger partial charge in [0.15, 0.2) is 0 Å². The molecule has 1 rings (SSSR count). The Kier molecular flexibility index (Phi) is 4.07. The number of hydrazine groups is 1. The molecular weight excluding hydrogens is 194 g/mol. The minimum atomic E-state index is -0.486. The molecule has 0 aromatic heterocycles. The standard InChI is InChI=1S/C10H21N3O2/c1-10(2,3)8(11)9(14)12-13-4-6-15-7-5-13/h8H,4-7,11H2,1-3H3,(H,12,14). The van der Waals surface area contributed by atoms with E-state index in [1.165, 1.54) is 0 Å². The predicted octanol–water partition coefficient (Wildman–Crippen LogP) is -0.277. The van der Waals surface area contributed by atoms with Gasteiger partial charge in [-0.05, 0) is 5.41 Å². The highest BCUT2D eigenvalue weighted by Gasteiger charge is 2.28. The molecule has 1 atom stereocenters. The Labute approximate surface area is 90.9 Å². The largest absolute Gasteiger partial charge is 0.379 e. The average Bonchev–Trinajstić information content (AvgIpc) is 2.16. The number of nitrogens with zero attached hydrogens (tertiary/aromatic N) is 1. The maximum atomic E-state index is 11.7. The predicted molar refractivity (Wildman–Crippen MR) is 58.0 cm³/mol. The molecule has 3 N–H and O–H groups in total. The maximum absolute atomic E-state index is 11.7. The second-order valence-corrected chi connectivity index (χ2v) is 4.92. The fraction of sp³-hybridized carbons (Fsp3) is 0.900. The number of nitrogens with one attached hydrogen (secondary N) is 1. The molecule has 1 aliphatic rings. The topological polar surface area (TPSA) is 67.6 Å². The summed E-state index contributed by atoms with van der Waals surface area (Å²) in [5, 5.41) is 1.86. The van der Waals surface area contributed by atoms with Crippen molar-refractivity contribution in [3.05, 3.63) is 0 Å². The zero-order valence-electron chi connectivity index (χ0n) is 9.75. The molecule has 5 heteroatoms. The number of hydrogen-bond donors (Lipinski definition) is 2. The van der Waals surface area contributed by atoms with Gasteiger partial charge in [-0.25, -0.2) is 5.01 Å². The van der Waals surface area contributed by atoms with Crippen LogP contribution in [0, 0.1) is 5.41 Å². The van der Waals surface area contributed by atoms with Gasteiger partial charge in [0.2, 0.25) is 0 Å². The molecule has 0 bridgehead atoms. The quantitative estimate of drug-likeness (QED) is 0.665. The smallest absolute Gasteiger partial charge is 0.251 e. The van der Waals surface area contributed by atoms with Crippen molar-refractivity contribution in [2.45, 2.75) is 26.8 Å². The van der Waals surface area contributed by atoms with Gasteiger partial charge in [0.1, 0.15) is 0 Å². The second kappa shape index (κ2) is 4.92. The molecule has 1 fully saturated rings. The maximum Gasteiger partial charge on any atom is 0.251 e. The monoisotopic (exact) mass is 215 g/mol. The number of morpholine rings is 1. The number of rotatable bonds is 2. The number of carbonyl (C=O) groups excluding carboxylic acids is 1. The van der Waals surface area contributed by atoms with E-state index in [0.717, 1.165) is 13.1 Å². The summed E-state index contributed by atoms with van der Waals surface area (Å²) < 4.78 is 5.18. The molecule has 88 valence electrons. The lowest BCUT2D eigenvalue weighted by Crippen LogP contribution is -2.56. The summed E-state index contributed by atoms with van der Waals surface area (Å²) >= 11 is 0. The molecule has 1 unspecified atom stereocenters. The lowest BCUT2D eigenvalue weighted by atomic mass is 9.87. The Morgan fingerprint density at radius 1 is 1.40 bits per heavy atom. The Balaban J connectivity index is 2.40. The number of ether oxygens (including phenoxy) is 1. The molecule has 15 heavy (non-hydrogen) atoms. The highest BCUT2D eigenvalue weighted by molar-refractivity contribution is 5.81. The normalized spacial score (nSPS) is 21.1. The van der Waals surface area contributed by atoms with Crippen LogP contribution >= 0.6 is 0 Å². The molecule has 0 aromatic rings. The third kappa shape index (κ3) is 3.77. The van der Waals surface area contributed by atoms with Crippen molar-refractivity contribution in [1.29, 1.82) is 0 Å². The third-order valence-electron chi connectivity index (χ3n) is 2.49. The Morgan fingerprint density at radius 3 is 2.40 bits per heavy atom. The van der Waals surface area contributed by atoms with E-state index in [-0.39, 0.29) is 11.3 Å². The number of carbonyl (C=O) groups is 1. The average molecular weight is 215 g/mol. The summed E-state index contributed by atoms with van der Waals surface area (Å²) in [6, 6.07) is -0.486. The molecule has 0 aliphatic carbocycles. The van der Waals surface area contributed by atoms with Gasteiger partial charge >= 0.3 is 0 Å². The van der Waals surface area contributed by atoms with Crippen LogP contribution in [0.2, 0.25) is 0 Å². The zero-order chi connectivity index (χ0) is 11.5. The van der Waals surface area contributed by atoms with Crippen LogP contribution < -0.4 is 11.2 Å². The van der Waals surface area contributed by atoms with Crippen molar-refractivity contribution in [2.75, 3.05) is 26.3 Å². The van der Waals surface area contributed by atoms with E-state index in [9.17, 15) is 4.79 Å². The lowest BCUT2D eigenvalue weighted by Gasteiger charge is -2.31. The van der Waals surface area contributed by atoms with E-state index in [0.29, 0.717) is 13.2 Å². The second-order valence-electron chi connectivity index (χ2n) is 4.92. The van der Waals surface area contributed by atoms with Crippen LogP contribution in [0.1, 0.15) is 20.8 Å². The zero-order valence-corrected chi connectivity index (χ0v) is 9.75. The summed E-state index contributed by atoms with van der Waals surface area (Å²) in [6.45, 7) is 8.63. The summed E-state index contributed by atoms with van der Waals surface area (Å²) in [5.41, 5.74) is 8.44. The first kappa shape index (κ1) is 12.4. The van der Waals surface area contributed by atoms with Crippen molar-refractivity contribution in [3.8, 4) is 0 Å². The molecule has 0 aromatic carbocycles. The van der Waals surface area contributed by atoms with Gasteiger partial charge < -0.3 is 10.5 Å². The third-order valence-corrected chi connectivity index (χ3v) is 2.49. The highest BCUT2D eigenvalue weighted by atomic mass is 16.5. The van der Waals surface area contributed by atoms with E-state index in [1.807, 2.05) is 25.8 Å². The molecule has 5 nitrogen and oxygen atoms in total. The van der Waals surface area contributed by atoms with E-state index in [4.69, 9.17) is 10.5 Å². The summed E-state index contributed by atoms with van der Waals surface area (Å²) in [7, 11) is 0. The molecule has 1 saturated heterocycles. The summed E-state index contributed by atoms with van der Waals surface area (Å²) in [4.78, 5) is 11.7. The Hall–Kier alpha value is -0.650. The summed E-state index contributed by atoms with van der Waals surface area (Å²) in [5.74, 6) is -0.121. The van der Waals surface area contributed by atoms with Gasteiger partial charge in [-0.3, -0.25) is 10.2 Å². The van der Waals surface area contributed by atoms with Crippen molar-refractivity contribution < 1.29 is 9.53 Å². The minimum Gasteiger partial charge on any atom is -0.379 e. The Bertz CT molecular complexity index is 219. The van der Waals surface area contributed by atoms with Crippen LogP contribution in [0.25, 0.3) is 0 Å². The first-order valence-corrected chi connectivity index (χ1v) is 5.30. The summed E-state index contributed by atoms with van der Waals surface area (Å²) in [6.07, 6.45) is 0. The van der Waals surface area contributed by atoms with Gasteiger partial charge in [0.25, 0.3) is 5.91 Å². The van der Waals surface area contributed by atoms with Crippen molar-refractivity contribution in [3.63, 3.8) is 0 Å². The number of hydrogen-bond acceptors (Lipinski definition) is 4. The van der Waals surface area contributed by atoms with Gasteiger partial charge in [-0.2, -0.15) is 0 Å². The first-order valence-electron chi connectivity index (χ1n) is 5.30. The van der Waals surface area contributed by atoms with Gasteiger partial charge in [-0.15, -0.1) is 0 Å². The highest BCUT2D eigenvalue weighted by Crippen LogP contribution is 2.17. The minimum absolute atomic E-state index is 0.121.